The number of sulfonamides is 1. The van der Waals surface area contributed by atoms with E-state index in [1.165, 1.54) is 16.7 Å². The molecule has 0 spiro atoms. The molecule has 5 heteroatoms. The van der Waals surface area contributed by atoms with E-state index in [-0.39, 0.29) is 10.3 Å². The van der Waals surface area contributed by atoms with Crippen molar-refractivity contribution in [2.75, 3.05) is 0 Å². The van der Waals surface area contributed by atoms with Gasteiger partial charge >= 0.3 is 0 Å². The minimum atomic E-state index is -3.66. The van der Waals surface area contributed by atoms with Crippen molar-refractivity contribution < 1.29 is 8.42 Å². The van der Waals surface area contributed by atoms with E-state index in [1.807, 2.05) is 25.1 Å². The lowest BCUT2D eigenvalue weighted by atomic mass is 9.88. The van der Waals surface area contributed by atoms with E-state index in [9.17, 15) is 8.42 Å². The zero-order chi connectivity index (χ0) is 18.8. The Balaban J connectivity index is 2.36. The van der Waals surface area contributed by atoms with E-state index in [2.05, 4.69) is 26.8 Å². The Bertz CT molecular complexity index is 840. The second-order valence-electron chi connectivity index (χ2n) is 7.61. The molecule has 0 heterocycles. The van der Waals surface area contributed by atoms with E-state index in [0.29, 0.717) is 0 Å². The lowest BCUT2D eigenvalue weighted by Crippen LogP contribution is -2.11. The Labute approximate surface area is 156 Å². The first kappa shape index (κ1) is 20.0. The molecule has 0 amide bonds. The maximum Gasteiger partial charge on any atom is 0.238 e. The van der Waals surface area contributed by atoms with E-state index in [4.69, 9.17) is 16.7 Å². The van der Waals surface area contributed by atoms with Gasteiger partial charge in [0, 0.05) is 5.03 Å². The monoisotopic (exact) mass is 379 g/mol. The molecule has 0 saturated heterocycles. The highest BCUT2D eigenvalue weighted by Crippen LogP contribution is 2.47. The minimum absolute atomic E-state index is 0.148. The Morgan fingerprint density at radius 2 is 1.76 bits per heavy atom. The molecule has 3 nitrogen and oxygen atoms in total. The first-order chi connectivity index (χ1) is 11.5. The zero-order valence-corrected chi connectivity index (χ0v) is 16.8. The van der Waals surface area contributed by atoms with Crippen LogP contribution in [0.25, 0.3) is 5.57 Å². The highest BCUT2D eigenvalue weighted by Gasteiger charge is 2.31. The highest BCUT2D eigenvalue weighted by atomic mass is 35.5. The fourth-order valence-corrected chi connectivity index (χ4v) is 3.90. The zero-order valence-electron chi connectivity index (χ0n) is 15.3. The van der Waals surface area contributed by atoms with Crippen molar-refractivity contribution in [3.63, 3.8) is 0 Å². The average molecular weight is 380 g/mol. The molecule has 0 unspecified atom stereocenters. The summed E-state index contributed by atoms with van der Waals surface area (Å²) in [6, 6.07) is 6.89. The van der Waals surface area contributed by atoms with Crippen molar-refractivity contribution in [2.24, 2.45) is 10.6 Å². The summed E-state index contributed by atoms with van der Waals surface area (Å²) in [4.78, 5) is 0.148. The molecule has 2 N–H and O–H groups in total. The van der Waals surface area contributed by atoms with Crippen LogP contribution in [0.3, 0.4) is 0 Å². The van der Waals surface area contributed by atoms with Crippen LogP contribution >= 0.6 is 11.6 Å². The van der Waals surface area contributed by atoms with Gasteiger partial charge in [-0.2, -0.15) is 0 Å². The van der Waals surface area contributed by atoms with Crippen molar-refractivity contribution >= 4 is 27.2 Å². The molecule has 0 aromatic heterocycles. The van der Waals surface area contributed by atoms with Crippen LogP contribution in [0.4, 0.5) is 0 Å². The van der Waals surface area contributed by atoms with Gasteiger partial charge in [0.15, 0.2) is 0 Å². The first-order valence-corrected chi connectivity index (χ1v) is 10.2. The van der Waals surface area contributed by atoms with Crippen LogP contribution in [-0.4, -0.2) is 8.42 Å². The Morgan fingerprint density at radius 1 is 1.16 bits per heavy atom. The van der Waals surface area contributed by atoms with Crippen molar-refractivity contribution in [3.8, 4) is 0 Å². The van der Waals surface area contributed by atoms with Crippen LogP contribution < -0.4 is 5.14 Å². The van der Waals surface area contributed by atoms with Crippen molar-refractivity contribution in [1.82, 2.24) is 0 Å². The molecule has 0 atom stereocenters. The number of hydrogen-bond donors (Lipinski definition) is 1. The summed E-state index contributed by atoms with van der Waals surface area (Å²) in [5.74, 6) is 0. The standard InChI is InChI=1S/C20H26ClNO2S/c1-14(5-6-15(2)21)11-17-12-20(3,4)13-19(17)16-7-9-18(10-8-16)25(22,23)24/h5-10H,11-13H2,1-4H3,(H2,22,23,24)/b14-5+,15-6+. The largest absolute Gasteiger partial charge is 0.238 e. The number of allylic oxidation sites excluding steroid dienone is 6. The van der Waals surface area contributed by atoms with Gasteiger partial charge in [0.05, 0.1) is 4.90 Å². The van der Waals surface area contributed by atoms with Crippen LogP contribution in [0.5, 0.6) is 0 Å². The third kappa shape index (κ3) is 5.56. The van der Waals surface area contributed by atoms with Gasteiger partial charge < -0.3 is 0 Å². The van der Waals surface area contributed by atoms with Gasteiger partial charge in [0.25, 0.3) is 0 Å². The number of hydrogen-bond acceptors (Lipinski definition) is 2. The van der Waals surface area contributed by atoms with Gasteiger partial charge in [-0.25, -0.2) is 13.6 Å². The van der Waals surface area contributed by atoms with Crippen LogP contribution in [0, 0.1) is 5.41 Å². The molecule has 0 aliphatic heterocycles. The summed E-state index contributed by atoms with van der Waals surface area (Å²) in [7, 11) is -3.66. The fourth-order valence-electron chi connectivity index (χ4n) is 3.32. The molecule has 1 aliphatic rings. The van der Waals surface area contributed by atoms with Crippen LogP contribution in [-0.2, 0) is 10.0 Å². The van der Waals surface area contributed by atoms with Gasteiger partial charge in [0.1, 0.15) is 0 Å². The molecule has 1 aromatic carbocycles. The molecule has 0 bridgehead atoms. The lowest BCUT2D eigenvalue weighted by molar-refractivity contribution is 0.395. The Kier molecular flexibility index (Phi) is 5.97. The van der Waals surface area contributed by atoms with E-state index in [0.717, 1.165) is 29.9 Å². The molecule has 0 fully saturated rings. The van der Waals surface area contributed by atoms with Crippen molar-refractivity contribution in [3.05, 3.63) is 58.2 Å². The Morgan fingerprint density at radius 3 is 2.28 bits per heavy atom. The van der Waals surface area contributed by atoms with Gasteiger partial charge in [0.2, 0.25) is 10.0 Å². The average Bonchev–Trinajstić information content (AvgIpc) is 2.79. The highest BCUT2D eigenvalue weighted by molar-refractivity contribution is 7.89. The third-order valence-corrected chi connectivity index (χ3v) is 5.45. The summed E-state index contributed by atoms with van der Waals surface area (Å²) in [6.45, 7) is 8.50. The van der Waals surface area contributed by atoms with Crippen molar-refractivity contribution in [1.29, 1.82) is 0 Å². The summed E-state index contributed by atoms with van der Waals surface area (Å²) in [5, 5.41) is 5.95. The molecule has 136 valence electrons. The quantitative estimate of drug-likeness (QED) is 0.697. The van der Waals surface area contributed by atoms with Crippen molar-refractivity contribution in [2.45, 2.75) is 51.9 Å². The third-order valence-electron chi connectivity index (χ3n) is 4.40. The topological polar surface area (TPSA) is 60.2 Å². The molecule has 0 radical (unpaired) electrons. The lowest BCUT2D eigenvalue weighted by Gasteiger charge is -2.17. The van der Waals surface area contributed by atoms with Crippen LogP contribution in [0.1, 0.15) is 52.5 Å². The SMILES string of the molecule is C/C(Cl)=C\C=C(/C)CC1=C(c2ccc(S(N)(=O)=O)cc2)CC(C)(C)C1. The number of benzene rings is 1. The number of primary sulfonamides is 1. The normalized spacial score (nSPS) is 18.8. The predicted octanol–water partition coefficient (Wildman–Crippen LogP) is 5.39. The summed E-state index contributed by atoms with van der Waals surface area (Å²) < 4.78 is 22.9. The summed E-state index contributed by atoms with van der Waals surface area (Å²) in [5.41, 5.74) is 5.26. The second kappa shape index (κ2) is 7.48. The van der Waals surface area contributed by atoms with Crippen LogP contribution in [0.2, 0.25) is 0 Å². The molecule has 1 aliphatic carbocycles. The predicted molar refractivity (Wildman–Crippen MR) is 106 cm³/mol. The number of nitrogens with two attached hydrogens (primary N) is 1. The molecule has 2 rings (SSSR count). The van der Waals surface area contributed by atoms with E-state index in [1.54, 1.807) is 12.1 Å². The maximum absolute atomic E-state index is 11.4. The molecule has 1 aromatic rings. The summed E-state index contributed by atoms with van der Waals surface area (Å²) >= 11 is 5.91. The molecular formula is C20H26ClNO2S. The number of rotatable bonds is 5. The number of halogens is 1. The minimum Gasteiger partial charge on any atom is -0.225 e. The van der Waals surface area contributed by atoms with Crippen LogP contribution in [0.15, 0.2) is 57.5 Å². The summed E-state index contributed by atoms with van der Waals surface area (Å²) in [6.07, 6.45) is 6.89. The van der Waals surface area contributed by atoms with Gasteiger partial charge in [-0.3, -0.25) is 0 Å². The van der Waals surface area contributed by atoms with Gasteiger partial charge in [-0.15, -0.1) is 0 Å². The first-order valence-electron chi connectivity index (χ1n) is 8.32. The van der Waals surface area contributed by atoms with Gasteiger partial charge in [-0.1, -0.05) is 54.8 Å². The second-order valence-corrected chi connectivity index (χ2v) is 9.77. The maximum atomic E-state index is 11.4. The fraction of sp³-hybridized carbons (Fsp3) is 0.400. The molecule has 0 saturated carbocycles. The van der Waals surface area contributed by atoms with E-state index >= 15 is 0 Å². The smallest absolute Gasteiger partial charge is 0.225 e. The van der Waals surface area contributed by atoms with E-state index < -0.39 is 10.0 Å². The molecular weight excluding hydrogens is 354 g/mol. The van der Waals surface area contributed by atoms with Gasteiger partial charge in [-0.05, 0) is 67.9 Å². The Hall–Kier alpha value is -1.36. The molecule has 25 heavy (non-hydrogen) atoms.